The molecule has 1 aliphatic heterocycles. The van der Waals surface area contributed by atoms with Crippen LogP contribution in [0.1, 0.15) is 16.9 Å². The monoisotopic (exact) mass is 212 g/mol. The minimum atomic E-state index is 0.590. The summed E-state index contributed by atoms with van der Waals surface area (Å²) < 4.78 is 5.30. The summed E-state index contributed by atoms with van der Waals surface area (Å²) >= 11 is 0. The molecule has 3 rings (SSSR count). The quantitative estimate of drug-likeness (QED) is 0.831. The highest BCUT2D eigenvalue weighted by Gasteiger charge is 2.23. The third-order valence-corrected chi connectivity index (χ3v) is 2.88. The fourth-order valence-electron chi connectivity index (χ4n) is 2.07. The maximum absolute atomic E-state index is 8.07. The van der Waals surface area contributed by atoms with Crippen LogP contribution in [0, 0.1) is 5.41 Å². The Kier molecular flexibility index (Phi) is 2.03. The zero-order chi connectivity index (χ0) is 11.0. The fourth-order valence-corrected chi connectivity index (χ4v) is 2.07. The van der Waals surface area contributed by atoms with Gasteiger partial charge < -0.3 is 9.32 Å². The first-order chi connectivity index (χ1) is 7.84. The summed E-state index contributed by atoms with van der Waals surface area (Å²) in [5.41, 5.74) is 2.26. The van der Waals surface area contributed by atoms with Crippen LogP contribution in [0.2, 0.25) is 0 Å². The third-order valence-electron chi connectivity index (χ3n) is 2.88. The van der Waals surface area contributed by atoms with Gasteiger partial charge in [0, 0.05) is 12.1 Å². The SMILES string of the molecule is N=C1c2ccccc2CN1Cc1ccco1. The molecule has 0 bridgehead atoms. The first-order valence-electron chi connectivity index (χ1n) is 5.29. The molecule has 1 N–H and O–H groups in total. The molecular weight excluding hydrogens is 200 g/mol. The molecule has 1 aromatic heterocycles. The molecule has 0 amide bonds. The Morgan fingerprint density at radius 3 is 2.81 bits per heavy atom. The first-order valence-corrected chi connectivity index (χ1v) is 5.29. The number of benzene rings is 1. The lowest BCUT2D eigenvalue weighted by Crippen LogP contribution is -2.22. The van der Waals surface area contributed by atoms with E-state index in [1.165, 1.54) is 5.56 Å². The number of nitrogens with one attached hydrogen (secondary N) is 1. The normalized spacial score (nSPS) is 14.2. The van der Waals surface area contributed by atoms with Crippen molar-refractivity contribution >= 4 is 5.84 Å². The highest BCUT2D eigenvalue weighted by Crippen LogP contribution is 2.23. The predicted molar refractivity (Wildman–Crippen MR) is 61.2 cm³/mol. The molecule has 1 aliphatic rings. The Morgan fingerprint density at radius 1 is 1.19 bits per heavy atom. The standard InChI is InChI=1S/C13H12N2O/c14-13-12-6-2-1-4-10(12)8-15(13)9-11-5-3-7-16-11/h1-7,14H,8-9H2. The summed E-state index contributed by atoms with van der Waals surface area (Å²) in [6.45, 7) is 1.47. The Labute approximate surface area is 93.8 Å². The van der Waals surface area contributed by atoms with Crippen molar-refractivity contribution in [1.29, 1.82) is 5.41 Å². The summed E-state index contributed by atoms with van der Waals surface area (Å²) in [5.74, 6) is 1.49. The average Bonchev–Trinajstić information content (AvgIpc) is 2.90. The molecule has 0 saturated carbocycles. The van der Waals surface area contributed by atoms with Crippen LogP contribution in [0.4, 0.5) is 0 Å². The van der Waals surface area contributed by atoms with Gasteiger partial charge in [-0.15, -0.1) is 0 Å². The molecule has 0 radical (unpaired) electrons. The summed E-state index contributed by atoms with van der Waals surface area (Å²) in [5, 5.41) is 8.07. The van der Waals surface area contributed by atoms with Crippen molar-refractivity contribution in [2.75, 3.05) is 0 Å². The molecule has 2 aromatic rings. The van der Waals surface area contributed by atoms with Crippen LogP contribution in [0.3, 0.4) is 0 Å². The van der Waals surface area contributed by atoms with Gasteiger partial charge in [-0.1, -0.05) is 24.3 Å². The van der Waals surface area contributed by atoms with Gasteiger partial charge in [-0.25, -0.2) is 0 Å². The number of fused-ring (bicyclic) bond motifs is 1. The van der Waals surface area contributed by atoms with E-state index < -0.39 is 0 Å². The zero-order valence-corrected chi connectivity index (χ0v) is 8.81. The van der Waals surface area contributed by atoms with E-state index in [0.717, 1.165) is 17.9 Å². The van der Waals surface area contributed by atoms with E-state index in [9.17, 15) is 0 Å². The van der Waals surface area contributed by atoms with Gasteiger partial charge in [0.25, 0.3) is 0 Å². The molecule has 0 fully saturated rings. The van der Waals surface area contributed by atoms with Gasteiger partial charge in [0.1, 0.15) is 11.6 Å². The molecule has 0 aliphatic carbocycles. The van der Waals surface area contributed by atoms with Crippen molar-refractivity contribution in [2.24, 2.45) is 0 Å². The molecule has 1 aromatic carbocycles. The van der Waals surface area contributed by atoms with E-state index in [2.05, 4.69) is 6.07 Å². The Hall–Kier alpha value is -2.03. The van der Waals surface area contributed by atoms with E-state index >= 15 is 0 Å². The van der Waals surface area contributed by atoms with Crippen LogP contribution in [-0.4, -0.2) is 10.7 Å². The van der Waals surface area contributed by atoms with E-state index in [-0.39, 0.29) is 0 Å². The lowest BCUT2D eigenvalue weighted by atomic mass is 10.1. The van der Waals surface area contributed by atoms with Crippen LogP contribution in [0.5, 0.6) is 0 Å². The Balaban J connectivity index is 1.85. The van der Waals surface area contributed by atoms with E-state index in [0.29, 0.717) is 12.4 Å². The first kappa shape index (κ1) is 9.21. The number of amidine groups is 1. The average molecular weight is 212 g/mol. The second-order valence-electron chi connectivity index (χ2n) is 3.94. The van der Waals surface area contributed by atoms with Crippen molar-refractivity contribution in [3.05, 3.63) is 59.5 Å². The highest BCUT2D eigenvalue weighted by atomic mass is 16.3. The maximum atomic E-state index is 8.07. The van der Waals surface area contributed by atoms with E-state index in [4.69, 9.17) is 9.83 Å². The summed E-state index contributed by atoms with van der Waals surface area (Å²) in [6, 6.07) is 11.9. The number of hydrogen-bond acceptors (Lipinski definition) is 2. The number of nitrogens with zero attached hydrogens (tertiary/aromatic N) is 1. The van der Waals surface area contributed by atoms with Crippen molar-refractivity contribution < 1.29 is 4.42 Å². The highest BCUT2D eigenvalue weighted by molar-refractivity contribution is 6.00. The molecule has 3 heteroatoms. The smallest absolute Gasteiger partial charge is 0.129 e. The molecule has 0 atom stereocenters. The van der Waals surface area contributed by atoms with Crippen molar-refractivity contribution in [3.8, 4) is 0 Å². The molecule has 80 valence electrons. The van der Waals surface area contributed by atoms with Gasteiger partial charge in [0.2, 0.25) is 0 Å². The Morgan fingerprint density at radius 2 is 2.06 bits per heavy atom. The topological polar surface area (TPSA) is 40.2 Å². The summed E-state index contributed by atoms with van der Waals surface area (Å²) in [7, 11) is 0. The fraction of sp³-hybridized carbons (Fsp3) is 0.154. The summed E-state index contributed by atoms with van der Waals surface area (Å²) in [4.78, 5) is 2.02. The number of hydrogen-bond donors (Lipinski definition) is 1. The second-order valence-corrected chi connectivity index (χ2v) is 3.94. The molecule has 3 nitrogen and oxygen atoms in total. The van der Waals surface area contributed by atoms with Gasteiger partial charge in [0.05, 0.1) is 12.8 Å². The lowest BCUT2D eigenvalue weighted by Gasteiger charge is -2.15. The van der Waals surface area contributed by atoms with E-state index in [1.54, 1.807) is 6.26 Å². The second kappa shape index (κ2) is 3.52. The number of furan rings is 1. The zero-order valence-electron chi connectivity index (χ0n) is 8.81. The van der Waals surface area contributed by atoms with Gasteiger partial charge in [-0.05, 0) is 17.7 Å². The van der Waals surface area contributed by atoms with Crippen molar-refractivity contribution in [3.63, 3.8) is 0 Å². The van der Waals surface area contributed by atoms with Crippen LogP contribution >= 0.6 is 0 Å². The van der Waals surface area contributed by atoms with Gasteiger partial charge in [-0.2, -0.15) is 0 Å². The minimum absolute atomic E-state index is 0.590. The largest absolute Gasteiger partial charge is 0.467 e. The third kappa shape index (κ3) is 1.41. The van der Waals surface area contributed by atoms with Crippen LogP contribution in [-0.2, 0) is 13.1 Å². The van der Waals surface area contributed by atoms with E-state index in [1.807, 2.05) is 35.2 Å². The molecule has 0 saturated heterocycles. The summed E-state index contributed by atoms with van der Waals surface area (Å²) in [6.07, 6.45) is 1.67. The molecular formula is C13H12N2O. The molecule has 0 unspecified atom stereocenters. The maximum Gasteiger partial charge on any atom is 0.129 e. The van der Waals surface area contributed by atoms with Crippen LogP contribution < -0.4 is 0 Å². The molecule has 16 heavy (non-hydrogen) atoms. The van der Waals surface area contributed by atoms with Gasteiger partial charge in [0.15, 0.2) is 0 Å². The predicted octanol–water partition coefficient (Wildman–Crippen LogP) is 2.62. The van der Waals surface area contributed by atoms with Gasteiger partial charge in [-0.3, -0.25) is 5.41 Å². The Bertz CT molecular complexity index is 514. The van der Waals surface area contributed by atoms with Crippen LogP contribution in [0.25, 0.3) is 0 Å². The van der Waals surface area contributed by atoms with Crippen molar-refractivity contribution in [2.45, 2.75) is 13.1 Å². The van der Waals surface area contributed by atoms with Crippen LogP contribution in [0.15, 0.2) is 47.1 Å². The minimum Gasteiger partial charge on any atom is -0.467 e. The number of rotatable bonds is 2. The lowest BCUT2D eigenvalue weighted by molar-refractivity contribution is 0.366. The van der Waals surface area contributed by atoms with Gasteiger partial charge >= 0.3 is 0 Å². The molecule has 0 spiro atoms. The van der Waals surface area contributed by atoms with Crippen molar-refractivity contribution in [1.82, 2.24) is 4.90 Å². The molecule has 2 heterocycles.